The number of fused-ring (bicyclic) bond motifs is 6. The van der Waals surface area contributed by atoms with Crippen molar-refractivity contribution in [3.8, 4) is 11.1 Å². The Hall–Kier alpha value is -3.26. The van der Waals surface area contributed by atoms with E-state index in [4.69, 9.17) is 0 Å². The number of aryl methyl sites for hydroxylation is 1. The van der Waals surface area contributed by atoms with Gasteiger partial charge in [-0.05, 0) is 52.4 Å². The van der Waals surface area contributed by atoms with Crippen LogP contribution in [0.25, 0.3) is 43.6 Å². The van der Waals surface area contributed by atoms with E-state index in [-0.39, 0.29) is 0 Å². The molecule has 0 bridgehead atoms. The largest absolute Gasteiger partial charge is 0.264 e. The highest BCUT2D eigenvalue weighted by atomic mass is 14.7. The Morgan fingerprint density at radius 3 is 2.32 bits per heavy atom. The number of pyridine rings is 2. The average Bonchev–Trinajstić information content (AvgIpc) is 2.68. The summed E-state index contributed by atoms with van der Waals surface area (Å²) in [5.74, 6) is 0. The van der Waals surface area contributed by atoms with Crippen molar-refractivity contribution in [1.82, 2.24) is 9.97 Å². The van der Waals surface area contributed by atoms with Crippen molar-refractivity contribution < 1.29 is 0 Å². The van der Waals surface area contributed by atoms with Crippen molar-refractivity contribution in [1.29, 1.82) is 0 Å². The van der Waals surface area contributed by atoms with Crippen LogP contribution < -0.4 is 0 Å². The van der Waals surface area contributed by atoms with Gasteiger partial charge in [-0.15, -0.1) is 0 Å². The molecule has 0 aliphatic heterocycles. The molecule has 2 aromatic heterocycles. The van der Waals surface area contributed by atoms with Crippen LogP contribution in [0.5, 0.6) is 0 Å². The first-order valence-corrected chi connectivity index (χ1v) is 8.42. The van der Waals surface area contributed by atoms with E-state index in [9.17, 15) is 0 Å². The molecule has 0 fully saturated rings. The van der Waals surface area contributed by atoms with Crippen molar-refractivity contribution >= 4 is 32.4 Å². The summed E-state index contributed by atoms with van der Waals surface area (Å²) < 4.78 is 0. The Bertz CT molecular complexity index is 1200. The minimum atomic E-state index is 1.01. The van der Waals surface area contributed by atoms with E-state index in [0.29, 0.717) is 0 Å². The Morgan fingerprint density at radius 1 is 0.640 bits per heavy atom. The van der Waals surface area contributed by atoms with Crippen molar-refractivity contribution in [2.45, 2.75) is 6.92 Å². The normalized spacial score (nSPS) is 11.4. The lowest BCUT2D eigenvalue weighted by atomic mass is 9.94. The molecule has 0 aliphatic carbocycles. The lowest BCUT2D eigenvalue weighted by molar-refractivity contribution is 1.36. The summed E-state index contributed by atoms with van der Waals surface area (Å²) >= 11 is 0. The number of hydrogen-bond donors (Lipinski definition) is 0. The number of nitrogens with zero attached hydrogens (tertiary/aromatic N) is 2. The van der Waals surface area contributed by atoms with Crippen LogP contribution in [0.2, 0.25) is 0 Å². The third-order valence-electron chi connectivity index (χ3n) is 4.87. The van der Waals surface area contributed by atoms with Crippen LogP contribution in [-0.2, 0) is 0 Å². The quantitative estimate of drug-likeness (QED) is 0.359. The minimum absolute atomic E-state index is 1.01. The molecule has 0 saturated heterocycles. The molecule has 3 aromatic carbocycles. The molecular weight excluding hydrogens is 304 g/mol. The maximum absolute atomic E-state index is 4.63. The van der Waals surface area contributed by atoms with Crippen LogP contribution in [0.4, 0.5) is 0 Å². The first kappa shape index (κ1) is 14.1. The molecule has 2 nitrogen and oxygen atoms in total. The van der Waals surface area contributed by atoms with Gasteiger partial charge in [0.25, 0.3) is 0 Å². The number of hydrogen-bond acceptors (Lipinski definition) is 2. The summed E-state index contributed by atoms with van der Waals surface area (Å²) in [5.41, 5.74) is 4.75. The van der Waals surface area contributed by atoms with E-state index >= 15 is 0 Å². The second kappa shape index (κ2) is 5.38. The second-order valence-corrected chi connectivity index (χ2v) is 6.45. The first-order valence-electron chi connectivity index (χ1n) is 8.42. The van der Waals surface area contributed by atoms with Gasteiger partial charge in [0.2, 0.25) is 0 Å². The molecule has 5 rings (SSSR count). The van der Waals surface area contributed by atoms with Gasteiger partial charge >= 0.3 is 0 Å². The highest BCUT2D eigenvalue weighted by Crippen LogP contribution is 2.35. The third kappa shape index (κ3) is 2.18. The molecule has 0 saturated carbocycles. The van der Waals surface area contributed by atoms with E-state index in [2.05, 4.69) is 71.5 Å². The summed E-state index contributed by atoms with van der Waals surface area (Å²) in [7, 11) is 0. The van der Waals surface area contributed by atoms with Gasteiger partial charge in [-0.3, -0.25) is 9.97 Å². The predicted molar refractivity (Wildman–Crippen MR) is 105 cm³/mol. The van der Waals surface area contributed by atoms with Crippen LogP contribution in [0, 0.1) is 6.92 Å². The topological polar surface area (TPSA) is 25.8 Å². The fourth-order valence-corrected chi connectivity index (χ4v) is 3.58. The Labute approximate surface area is 145 Å². The van der Waals surface area contributed by atoms with Gasteiger partial charge in [-0.1, -0.05) is 48.0 Å². The second-order valence-electron chi connectivity index (χ2n) is 6.45. The molecule has 0 atom stereocenters. The number of aromatic nitrogens is 2. The van der Waals surface area contributed by atoms with Gasteiger partial charge in [-0.25, -0.2) is 0 Å². The van der Waals surface area contributed by atoms with E-state index in [1.165, 1.54) is 38.2 Å². The summed E-state index contributed by atoms with van der Waals surface area (Å²) in [4.78, 5) is 8.94. The smallest absolute Gasteiger partial charge is 0.0802 e. The van der Waals surface area contributed by atoms with Gasteiger partial charge in [0.05, 0.1) is 5.52 Å². The standard InChI is InChI=1S/C23H16N2/c1-15-4-6-16(7-5-15)17-8-9-18-19-10-12-24-14-22(19)23-20(21(18)13-17)3-2-11-25-23/h2-14H,1H3. The third-order valence-corrected chi connectivity index (χ3v) is 4.87. The van der Waals surface area contributed by atoms with Crippen LogP contribution >= 0.6 is 0 Å². The van der Waals surface area contributed by atoms with Crippen LogP contribution in [0.15, 0.2) is 79.3 Å². The highest BCUT2D eigenvalue weighted by molar-refractivity contribution is 6.24. The van der Waals surface area contributed by atoms with Gasteiger partial charge in [-0.2, -0.15) is 0 Å². The molecule has 0 unspecified atom stereocenters. The summed E-state index contributed by atoms with van der Waals surface area (Å²) in [6.45, 7) is 2.11. The van der Waals surface area contributed by atoms with Gasteiger partial charge < -0.3 is 0 Å². The Balaban J connectivity index is 1.91. The molecule has 0 amide bonds. The Kier molecular flexibility index (Phi) is 3.04. The summed E-state index contributed by atoms with van der Waals surface area (Å²) in [5, 5.41) is 5.96. The first-order chi connectivity index (χ1) is 12.3. The van der Waals surface area contributed by atoms with Crippen molar-refractivity contribution in [2.75, 3.05) is 0 Å². The molecule has 0 N–H and O–H groups in total. The minimum Gasteiger partial charge on any atom is -0.264 e. The van der Waals surface area contributed by atoms with E-state index in [0.717, 1.165) is 10.9 Å². The zero-order valence-electron chi connectivity index (χ0n) is 13.9. The lowest BCUT2D eigenvalue weighted by Crippen LogP contribution is -1.87. The zero-order valence-corrected chi connectivity index (χ0v) is 13.9. The number of benzene rings is 3. The average molecular weight is 320 g/mol. The summed E-state index contributed by atoms with van der Waals surface area (Å²) in [6, 6.07) is 21.6. The van der Waals surface area contributed by atoms with Crippen molar-refractivity contribution in [2.24, 2.45) is 0 Å². The van der Waals surface area contributed by atoms with E-state index < -0.39 is 0 Å². The summed E-state index contributed by atoms with van der Waals surface area (Å²) in [6.07, 6.45) is 5.62. The zero-order chi connectivity index (χ0) is 16.8. The maximum atomic E-state index is 4.63. The molecule has 2 heteroatoms. The molecule has 2 heterocycles. The predicted octanol–water partition coefficient (Wildman–Crippen LogP) is 5.91. The van der Waals surface area contributed by atoms with E-state index in [1.807, 2.05) is 24.7 Å². The van der Waals surface area contributed by atoms with Gasteiger partial charge in [0.15, 0.2) is 0 Å². The molecule has 0 radical (unpaired) electrons. The van der Waals surface area contributed by atoms with Crippen LogP contribution in [-0.4, -0.2) is 9.97 Å². The fourth-order valence-electron chi connectivity index (χ4n) is 3.58. The monoisotopic (exact) mass is 320 g/mol. The van der Waals surface area contributed by atoms with Crippen LogP contribution in [0.1, 0.15) is 5.56 Å². The van der Waals surface area contributed by atoms with Gasteiger partial charge in [0.1, 0.15) is 0 Å². The van der Waals surface area contributed by atoms with Crippen molar-refractivity contribution in [3.63, 3.8) is 0 Å². The molecule has 118 valence electrons. The molecular formula is C23H16N2. The molecule has 5 aromatic rings. The van der Waals surface area contributed by atoms with Crippen LogP contribution in [0.3, 0.4) is 0 Å². The number of rotatable bonds is 1. The lowest BCUT2D eigenvalue weighted by Gasteiger charge is -2.11. The molecule has 25 heavy (non-hydrogen) atoms. The fraction of sp³-hybridized carbons (Fsp3) is 0.0435. The maximum Gasteiger partial charge on any atom is 0.0802 e. The Morgan fingerprint density at radius 2 is 1.44 bits per heavy atom. The molecule has 0 aliphatic rings. The van der Waals surface area contributed by atoms with Crippen molar-refractivity contribution in [3.05, 3.63) is 84.8 Å². The van der Waals surface area contributed by atoms with Gasteiger partial charge in [0, 0.05) is 29.4 Å². The highest BCUT2D eigenvalue weighted by Gasteiger charge is 2.10. The SMILES string of the molecule is Cc1ccc(-c2ccc3c(c2)c2cccnc2c2cnccc32)cc1. The van der Waals surface area contributed by atoms with E-state index in [1.54, 1.807) is 0 Å². The molecule has 0 spiro atoms.